The fraction of sp³-hybridized carbons (Fsp3) is 0.483. The van der Waals surface area contributed by atoms with Gasteiger partial charge in [0.1, 0.15) is 16.7 Å². The Morgan fingerprint density at radius 3 is 2.21 bits per heavy atom. The van der Waals surface area contributed by atoms with Gasteiger partial charge in [0.25, 0.3) is 5.91 Å². The van der Waals surface area contributed by atoms with Crippen LogP contribution in [0.2, 0.25) is 0 Å². The molecule has 3 heterocycles. The van der Waals surface area contributed by atoms with Gasteiger partial charge in [-0.05, 0) is 75.3 Å². The molecule has 0 radical (unpaired) electrons. The molecular formula is C29H29F4N3O3. The van der Waals surface area contributed by atoms with E-state index in [0.29, 0.717) is 16.8 Å². The third-order valence-electron chi connectivity index (χ3n) is 8.62. The summed E-state index contributed by atoms with van der Waals surface area (Å²) in [5.74, 6) is -1.57. The molecule has 206 valence electrons. The Morgan fingerprint density at radius 2 is 1.64 bits per heavy atom. The predicted molar refractivity (Wildman–Crippen MR) is 135 cm³/mol. The zero-order valence-electron chi connectivity index (χ0n) is 22.0. The Hall–Kier alpha value is -3.43. The Labute approximate surface area is 223 Å². The molecule has 2 aromatic heterocycles. The molecular weight excluding hydrogens is 514 g/mol. The SMILES string of the molecule is CC1(c2cc(-c3ccc(F)cc3)nc3cc(C(=O)N4CCN(C(=O)C5(C(F)(F)F)CC5)CC4(C)C)oc23)CC1. The molecule has 1 aliphatic heterocycles. The van der Waals surface area contributed by atoms with Crippen molar-refractivity contribution in [1.82, 2.24) is 14.8 Å². The number of nitrogens with zero attached hydrogens (tertiary/aromatic N) is 3. The van der Waals surface area contributed by atoms with Crippen molar-refractivity contribution in [2.75, 3.05) is 19.6 Å². The third kappa shape index (κ3) is 4.19. The normalized spacial score (nSPS) is 21.2. The van der Waals surface area contributed by atoms with Crippen molar-refractivity contribution in [3.8, 4) is 11.3 Å². The van der Waals surface area contributed by atoms with Crippen molar-refractivity contribution >= 4 is 22.9 Å². The lowest BCUT2D eigenvalue weighted by Gasteiger charge is -2.47. The fourth-order valence-corrected chi connectivity index (χ4v) is 5.68. The highest BCUT2D eigenvalue weighted by atomic mass is 19.4. The molecule has 0 unspecified atom stereocenters. The molecule has 0 N–H and O–H groups in total. The van der Waals surface area contributed by atoms with Gasteiger partial charge in [-0.2, -0.15) is 13.2 Å². The van der Waals surface area contributed by atoms with Crippen LogP contribution in [0.15, 0.2) is 40.8 Å². The smallest absolute Gasteiger partial charge is 0.403 e. The van der Waals surface area contributed by atoms with Gasteiger partial charge in [0.05, 0.1) is 11.2 Å². The lowest BCUT2D eigenvalue weighted by atomic mass is 9.95. The summed E-state index contributed by atoms with van der Waals surface area (Å²) in [6, 6.07) is 9.58. The molecule has 1 aromatic carbocycles. The van der Waals surface area contributed by atoms with E-state index in [4.69, 9.17) is 9.40 Å². The van der Waals surface area contributed by atoms with Crippen molar-refractivity contribution in [2.24, 2.45) is 5.41 Å². The molecule has 0 bridgehead atoms. The van der Waals surface area contributed by atoms with E-state index in [0.717, 1.165) is 24.0 Å². The summed E-state index contributed by atoms with van der Waals surface area (Å²) < 4.78 is 60.3. The monoisotopic (exact) mass is 543 g/mol. The molecule has 0 spiro atoms. The fourth-order valence-electron chi connectivity index (χ4n) is 5.68. The number of hydrogen-bond donors (Lipinski definition) is 0. The number of rotatable bonds is 4. The molecule has 2 aliphatic carbocycles. The van der Waals surface area contributed by atoms with Crippen molar-refractivity contribution in [3.63, 3.8) is 0 Å². The molecule has 6 rings (SSSR count). The number of amides is 2. The summed E-state index contributed by atoms with van der Waals surface area (Å²) in [6.07, 6.45) is -3.04. The van der Waals surface area contributed by atoms with Crippen LogP contribution in [0.4, 0.5) is 17.6 Å². The average Bonchev–Trinajstić information content (AvgIpc) is 3.79. The standard InChI is InChI=1S/C29H29F4N3O3/c1-26(2)16-35(25(38)28(10-11-28)29(31,32)33)12-13-36(26)24(37)22-15-21-23(39-22)19(27(3)8-9-27)14-20(34-21)17-4-6-18(30)7-5-17/h4-7,14-15H,8-13,16H2,1-3H3. The number of halogens is 4. The number of pyridine rings is 1. The van der Waals surface area contributed by atoms with Gasteiger partial charge in [0.15, 0.2) is 11.3 Å². The minimum atomic E-state index is -4.58. The van der Waals surface area contributed by atoms with Crippen molar-refractivity contribution in [2.45, 2.75) is 63.6 Å². The van der Waals surface area contributed by atoms with Crippen LogP contribution in [0, 0.1) is 11.2 Å². The number of aromatic nitrogens is 1. The Balaban J connectivity index is 1.29. The zero-order valence-corrected chi connectivity index (χ0v) is 22.0. The first-order chi connectivity index (χ1) is 18.2. The highest BCUT2D eigenvalue weighted by molar-refractivity contribution is 5.97. The third-order valence-corrected chi connectivity index (χ3v) is 8.62. The molecule has 39 heavy (non-hydrogen) atoms. The Kier molecular flexibility index (Phi) is 5.49. The van der Waals surface area contributed by atoms with Crippen LogP contribution in [-0.2, 0) is 10.2 Å². The number of carbonyl (C=O) groups is 2. The van der Waals surface area contributed by atoms with Gasteiger partial charge in [-0.1, -0.05) is 6.92 Å². The van der Waals surface area contributed by atoms with E-state index < -0.39 is 28.9 Å². The summed E-state index contributed by atoms with van der Waals surface area (Å²) in [4.78, 5) is 34.0. The van der Waals surface area contributed by atoms with Crippen molar-refractivity contribution in [3.05, 3.63) is 53.5 Å². The van der Waals surface area contributed by atoms with Gasteiger partial charge in [0.2, 0.25) is 5.91 Å². The number of furan rings is 1. The number of alkyl halides is 3. The van der Waals surface area contributed by atoms with E-state index in [1.54, 1.807) is 36.9 Å². The quantitative estimate of drug-likeness (QED) is 0.374. The lowest BCUT2D eigenvalue weighted by molar-refractivity contribution is -0.200. The average molecular weight is 544 g/mol. The Bertz CT molecular complexity index is 1480. The van der Waals surface area contributed by atoms with E-state index in [9.17, 15) is 27.2 Å². The van der Waals surface area contributed by atoms with Crippen LogP contribution in [0.5, 0.6) is 0 Å². The van der Waals surface area contributed by atoms with Crippen LogP contribution in [-0.4, -0.2) is 57.9 Å². The predicted octanol–water partition coefficient (Wildman–Crippen LogP) is 6.09. The summed E-state index contributed by atoms with van der Waals surface area (Å²) in [5, 5.41) is 0. The molecule has 1 saturated heterocycles. The van der Waals surface area contributed by atoms with Crippen LogP contribution in [0.25, 0.3) is 22.4 Å². The highest BCUT2D eigenvalue weighted by Crippen LogP contribution is 2.59. The van der Waals surface area contributed by atoms with Crippen LogP contribution in [0.1, 0.15) is 62.6 Å². The second-order valence-corrected chi connectivity index (χ2v) is 12.0. The molecule has 2 saturated carbocycles. The maximum absolute atomic E-state index is 13.7. The minimum Gasteiger partial charge on any atom is -0.449 e. The largest absolute Gasteiger partial charge is 0.449 e. The first kappa shape index (κ1) is 25.8. The minimum absolute atomic E-state index is 0.00802. The lowest BCUT2D eigenvalue weighted by Crippen LogP contribution is -2.63. The first-order valence-corrected chi connectivity index (χ1v) is 13.1. The van der Waals surface area contributed by atoms with Gasteiger partial charge in [-0.3, -0.25) is 9.59 Å². The number of piperazine rings is 1. The second-order valence-electron chi connectivity index (χ2n) is 12.0. The topological polar surface area (TPSA) is 66.7 Å². The van der Waals surface area contributed by atoms with E-state index in [2.05, 4.69) is 6.92 Å². The maximum atomic E-state index is 13.7. The van der Waals surface area contributed by atoms with Gasteiger partial charge in [0, 0.05) is 36.8 Å². The first-order valence-electron chi connectivity index (χ1n) is 13.1. The molecule has 3 aromatic rings. The second kappa shape index (κ2) is 8.29. The maximum Gasteiger partial charge on any atom is 0.403 e. The molecule has 0 atom stereocenters. The summed E-state index contributed by atoms with van der Waals surface area (Å²) in [6.45, 7) is 5.69. The van der Waals surface area contributed by atoms with Gasteiger partial charge in [-0.15, -0.1) is 0 Å². The molecule has 3 aliphatic rings. The van der Waals surface area contributed by atoms with Gasteiger partial charge >= 0.3 is 6.18 Å². The molecule has 6 nitrogen and oxygen atoms in total. The van der Waals surface area contributed by atoms with Crippen LogP contribution in [0.3, 0.4) is 0 Å². The Morgan fingerprint density at radius 1 is 0.974 bits per heavy atom. The van der Waals surface area contributed by atoms with Crippen molar-refractivity contribution < 1.29 is 31.6 Å². The number of benzene rings is 1. The molecule has 3 fully saturated rings. The summed E-state index contributed by atoms with van der Waals surface area (Å²) >= 11 is 0. The molecule has 10 heteroatoms. The highest BCUT2D eigenvalue weighted by Gasteiger charge is 2.69. The van der Waals surface area contributed by atoms with Crippen molar-refractivity contribution in [1.29, 1.82) is 0 Å². The van der Waals surface area contributed by atoms with Crippen LogP contribution < -0.4 is 0 Å². The number of carbonyl (C=O) groups excluding carboxylic acids is 2. The zero-order chi connectivity index (χ0) is 28.0. The van der Waals surface area contributed by atoms with E-state index in [1.165, 1.54) is 17.0 Å². The number of hydrogen-bond acceptors (Lipinski definition) is 4. The summed E-state index contributed by atoms with van der Waals surface area (Å²) in [5.41, 5.74) is 0.0517. The van der Waals surface area contributed by atoms with E-state index >= 15 is 0 Å². The van der Waals surface area contributed by atoms with Crippen LogP contribution >= 0.6 is 0 Å². The number of fused-ring (bicyclic) bond motifs is 1. The van der Waals surface area contributed by atoms with E-state index in [-0.39, 0.29) is 49.5 Å². The van der Waals surface area contributed by atoms with E-state index in [1.807, 2.05) is 6.07 Å². The van der Waals surface area contributed by atoms with Gasteiger partial charge in [-0.25, -0.2) is 9.37 Å². The summed E-state index contributed by atoms with van der Waals surface area (Å²) in [7, 11) is 0. The molecule has 2 amide bonds. The van der Waals surface area contributed by atoms with Gasteiger partial charge < -0.3 is 14.2 Å².